The van der Waals surface area contributed by atoms with E-state index in [0.29, 0.717) is 43.5 Å². The van der Waals surface area contributed by atoms with Gasteiger partial charge in [-0.05, 0) is 37.1 Å². The van der Waals surface area contributed by atoms with Crippen LogP contribution in [0.2, 0.25) is 0 Å². The Labute approximate surface area is 176 Å². The Kier molecular flexibility index (Phi) is 9.14. The lowest BCUT2D eigenvalue weighted by Crippen LogP contribution is -2.38. The van der Waals surface area contributed by atoms with E-state index in [0.717, 1.165) is 17.9 Å². The molecule has 27 heavy (non-hydrogen) atoms. The van der Waals surface area contributed by atoms with Crippen molar-refractivity contribution >= 4 is 29.9 Å². The largest absolute Gasteiger partial charge is 0.443 e. The lowest BCUT2D eigenvalue weighted by Gasteiger charge is -2.13. The summed E-state index contributed by atoms with van der Waals surface area (Å²) < 4.78 is 32.6. The average molecular weight is 492 g/mol. The second kappa shape index (κ2) is 10.6. The van der Waals surface area contributed by atoms with Gasteiger partial charge < -0.3 is 15.1 Å². The molecule has 0 aliphatic rings. The summed E-state index contributed by atoms with van der Waals surface area (Å²) in [7, 11) is 0. The summed E-state index contributed by atoms with van der Waals surface area (Å²) in [5.74, 6) is 1.05. The number of hydrogen-bond donors (Lipinski definition) is 2. The quantitative estimate of drug-likeness (QED) is 0.361. The first kappa shape index (κ1) is 23.3. The van der Waals surface area contributed by atoms with E-state index in [9.17, 15) is 8.78 Å². The lowest BCUT2D eigenvalue weighted by molar-refractivity contribution is 0.383. The predicted octanol–water partition coefficient (Wildman–Crippen LogP) is 4.17. The highest BCUT2D eigenvalue weighted by Crippen LogP contribution is 2.22. The van der Waals surface area contributed by atoms with Crippen LogP contribution in [-0.4, -0.2) is 24.0 Å². The summed E-state index contributed by atoms with van der Waals surface area (Å²) in [5, 5.41) is 6.21. The Bertz CT molecular complexity index is 756. The van der Waals surface area contributed by atoms with Crippen LogP contribution in [0.1, 0.15) is 44.9 Å². The fourth-order valence-electron chi connectivity index (χ4n) is 2.27. The summed E-state index contributed by atoms with van der Waals surface area (Å²) in [6.45, 7) is 9.50. The molecular weight excluding hydrogens is 465 g/mol. The minimum Gasteiger partial charge on any atom is -0.443 e. The van der Waals surface area contributed by atoms with Gasteiger partial charge >= 0.3 is 0 Å². The van der Waals surface area contributed by atoms with E-state index in [2.05, 4.69) is 41.4 Å². The first-order valence-corrected chi connectivity index (χ1v) is 8.71. The SMILES string of the molecule is CCNC(=NCc1ncc(C(C)(C)C)o1)NCCc1cc(F)ccc1F.I. The Morgan fingerprint density at radius 3 is 2.59 bits per heavy atom. The second-order valence-corrected chi connectivity index (χ2v) is 6.98. The van der Waals surface area contributed by atoms with Gasteiger partial charge in [0.2, 0.25) is 5.89 Å². The van der Waals surface area contributed by atoms with Crippen LogP contribution < -0.4 is 10.6 Å². The molecule has 2 aromatic rings. The van der Waals surface area contributed by atoms with Crippen LogP contribution in [0.4, 0.5) is 8.78 Å². The van der Waals surface area contributed by atoms with Gasteiger partial charge in [0.25, 0.3) is 0 Å². The van der Waals surface area contributed by atoms with Crippen molar-refractivity contribution in [3.63, 3.8) is 0 Å². The third kappa shape index (κ3) is 7.43. The topological polar surface area (TPSA) is 62.5 Å². The summed E-state index contributed by atoms with van der Waals surface area (Å²) >= 11 is 0. The van der Waals surface area contributed by atoms with E-state index in [1.807, 2.05) is 6.92 Å². The molecule has 0 atom stereocenters. The number of nitrogens with one attached hydrogen (secondary N) is 2. The second-order valence-electron chi connectivity index (χ2n) is 6.98. The molecule has 5 nitrogen and oxygen atoms in total. The fraction of sp³-hybridized carbons (Fsp3) is 0.474. The van der Waals surface area contributed by atoms with Gasteiger partial charge in [-0.25, -0.2) is 18.8 Å². The van der Waals surface area contributed by atoms with E-state index >= 15 is 0 Å². The predicted molar refractivity (Wildman–Crippen MR) is 113 cm³/mol. The number of hydrogen-bond acceptors (Lipinski definition) is 3. The highest BCUT2D eigenvalue weighted by molar-refractivity contribution is 14.0. The molecule has 1 aromatic carbocycles. The maximum atomic E-state index is 13.6. The summed E-state index contributed by atoms with van der Waals surface area (Å²) in [5.41, 5.74) is 0.225. The van der Waals surface area contributed by atoms with Gasteiger partial charge in [0.1, 0.15) is 23.9 Å². The molecule has 0 amide bonds. The fourth-order valence-corrected chi connectivity index (χ4v) is 2.27. The van der Waals surface area contributed by atoms with Crippen molar-refractivity contribution < 1.29 is 13.2 Å². The van der Waals surface area contributed by atoms with Crippen molar-refractivity contribution in [1.82, 2.24) is 15.6 Å². The van der Waals surface area contributed by atoms with Crippen molar-refractivity contribution in [3.8, 4) is 0 Å². The molecule has 0 spiro atoms. The smallest absolute Gasteiger partial charge is 0.216 e. The molecule has 0 aliphatic heterocycles. The van der Waals surface area contributed by atoms with Crippen LogP contribution in [-0.2, 0) is 18.4 Å². The van der Waals surface area contributed by atoms with Crippen molar-refractivity contribution in [2.24, 2.45) is 4.99 Å². The van der Waals surface area contributed by atoms with E-state index in [1.54, 1.807) is 6.20 Å². The standard InChI is InChI=1S/C19H26F2N4O.HI/c1-5-22-18(23-9-8-13-10-14(20)6-7-15(13)21)25-12-17-24-11-16(26-17)19(2,3)4;/h6-7,10-11H,5,8-9,12H2,1-4H3,(H2,22,23,25);1H. The van der Waals surface area contributed by atoms with Crippen molar-refractivity contribution in [2.45, 2.75) is 46.1 Å². The van der Waals surface area contributed by atoms with Crippen molar-refractivity contribution in [1.29, 1.82) is 0 Å². The molecule has 150 valence electrons. The van der Waals surface area contributed by atoms with Gasteiger partial charge in [0.05, 0.1) is 6.20 Å². The molecule has 0 bridgehead atoms. The normalized spacial score (nSPS) is 11.9. The first-order valence-electron chi connectivity index (χ1n) is 8.71. The number of oxazole rings is 1. The molecule has 0 saturated heterocycles. The van der Waals surface area contributed by atoms with E-state index in [4.69, 9.17) is 4.42 Å². The maximum absolute atomic E-state index is 13.6. The van der Waals surface area contributed by atoms with Gasteiger partial charge in [-0.1, -0.05) is 20.8 Å². The average Bonchev–Trinajstić information content (AvgIpc) is 3.05. The number of nitrogens with zero attached hydrogens (tertiary/aromatic N) is 2. The Morgan fingerprint density at radius 1 is 1.22 bits per heavy atom. The Hall–Kier alpha value is -1.71. The van der Waals surface area contributed by atoms with Crippen molar-refractivity contribution in [2.75, 3.05) is 13.1 Å². The Balaban J connectivity index is 0.00000364. The maximum Gasteiger partial charge on any atom is 0.216 e. The minimum atomic E-state index is -0.444. The summed E-state index contributed by atoms with van der Waals surface area (Å²) in [6, 6.07) is 3.46. The van der Waals surface area contributed by atoms with E-state index in [-0.39, 0.29) is 29.4 Å². The number of aliphatic imine (C=N–C) groups is 1. The highest BCUT2D eigenvalue weighted by atomic mass is 127. The van der Waals surface area contributed by atoms with Crippen LogP contribution in [0, 0.1) is 11.6 Å². The molecule has 1 aromatic heterocycles. The molecule has 0 fully saturated rings. The van der Waals surface area contributed by atoms with Gasteiger partial charge in [0, 0.05) is 18.5 Å². The van der Waals surface area contributed by atoms with Gasteiger partial charge in [-0.2, -0.15) is 0 Å². The third-order valence-corrected chi connectivity index (χ3v) is 3.70. The molecule has 1 heterocycles. The number of benzene rings is 1. The van der Waals surface area contributed by atoms with Crippen LogP contribution in [0.3, 0.4) is 0 Å². The first-order chi connectivity index (χ1) is 12.3. The zero-order chi connectivity index (χ0) is 19.2. The van der Waals surface area contributed by atoms with E-state index in [1.165, 1.54) is 6.07 Å². The zero-order valence-corrected chi connectivity index (χ0v) is 18.4. The highest BCUT2D eigenvalue weighted by Gasteiger charge is 2.19. The van der Waals surface area contributed by atoms with Crippen LogP contribution in [0.5, 0.6) is 0 Å². The van der Waals surface area contributed by atoms with E-state index < -0.39 is 11.6 Å². The van der Waals surface area contributed by atoms with Gasteiger partial charge in [0.15, 0.2) is 5.96 Å². The molecule has 8 heteroatoms. The summed E-state index contributed by atoms with van der Waals surface area (Å²) in [6.07, 6.45) is 2.07. The van der Waals surface area contributed by atoms with Crippen molar-refractivity contribution in [3.05, 3.63) is 53.2 Å². The molecule has 0 saturated carbocycles. The zero-order valence-electron chi connectivity index (χ0n) is 16.1. The van der Waals surface area contributed by atoms with Crippen LogP contribution in [0.15, 0.2) is 33.8 Å². The molecule has 0 radical (unpaired) electrons. The number of aromatic nitrogens is 1. The number of rotatable bonds is 6. The Morgan fingerprint density at radius 2 is 1.96 bits per heavy atom. The van der Waals surface area contributed by atoms with Crippen LogP contribution in [0.25, 0.3) is 0 Å². The lowest BCUT2D eigenvalue weighted by atomic mass is 9.94. The minimum absolute atomic E-state index is 0. The van der Waals surface area contributed by atoms with Crippen LogP contribution >= 0.6 is 24.0 Å². The van der Waals surface area contributed by atoms with Gasteiger partial charge in [-0.3, -0.25) is 0 Å². The molecule has 2 N–H and O–H groups in total. The molecule has 0 unspecified atom stereocenters. The number of halogens is 3. The molecule has 0 aliphatic carbocycles. The molecule has 2 rings (SSSR count). The van der Waals surface area contributed by atoms with Gasteiger partial charge in [-0.15, -0.1) is 24.0 Å². The monoisotopic (exact) mass is 492 g/mol. The summed E-state index contributed by atoms with van der Waals surface area (Å²) in [4.78, 5) is 8.66. The molecular formula is C19H27F2IN4O. The third-order valence-electron chi connectivity index (χ3n) is 3.70. The number of guanidine groups is 1.